The van der Waals surface area contributed by atoms with Crippen molar-refractivity contribution in [2.24, 2.45) is 0 Å². The number of piperazine rings is 1. The molecule has 0 aliphatic carbocycles. The van der Waals surface area contributed by atoms with Crippen molar-refractivity contribution in [3.05, 3.63) is 63.2 Å². The number of ether oxygens (including phenoxy) is 1. The summed E-state index contributed by atoms with van der Waals surface area (Å²) in [5.41, 5.74) is 1.03. The van der Waals surface area contributed by atoms with Crippen molar-refractivity contribution >= 4 is 28.9 Å². The first-order valence-corrected chi connectivity index (χ1v) is 9.09. The van der Waals surface area contributed by atoms with E-state index in [2.05, 4.69) is 0 Å². The third-order valence-electron chi connectivity index (χ3n) is 4.46. The van der Waals surface area contributed by atoms with E-state index in [1.54, 1.807) is 29.2 Å². The highest BCUT2D eigenvalue weighted by Gasteiger charge is 2.27. The molecule has 7 nitrogen and oxygen atoms in total. The number of carbonyl (C=O) groups excluding carboxylic acids is 1. The van der Waals surface area contributed by atoms with Crippen molar-refractivity contribution in [1.29, 1.82) is 0 Å². The van der Waals surface area contributed by atoms with Crippen molar-refractivity contribution in [3.8, 4) is 5.75 Å². The molecule has 0 radical (unpaired) electrons. The third kappa shape index (κ3) is 4.14. The van der Waals surface area contributed by atoms with E-state index in [9.17, 15) is 14.9 Å². The molecule has 0 spiro atoms. The van der Waals surface area contributed by atoms with Gasteiger partial charge in [-0.1, -0.05) is 23.7 Å². The molecule has 27 heavy (non-hydrogen) atoms. The number of benzene rings is 2. The number of hydrogen-bond donors (Lipinski definition) is 0. The van der Waals surface area contributed by atoms with Crippen molar-refractivity contribution in [3.63, 3.8) is 0 Å². The molecule has 0 N–H and O–H groups in total. The molecule has 1 heterocycles. The molecule has 1 amide bonds. The van der Waals surface area contributed by atoms with Gasteiger partial charge in [-0.3, -0.25) is 14.9 Å². The number of anilines is 1. The molecule has 1 saturated heterocycles. The second kappa shape index (κ2) is 8.26. The second-order valence-corrected chi connectivity index (χ2v) is 6.54. The Morgan fingerprint density at radius 2 is 1.89 bits per heavy atom. The Morgan fingerprint density at radius 1 is 1.19 bits per heavy atom. The number of amides is 1. The molecule has 1 fully saturated rings. The van der Waals surface area contributed by atoms with Gasteiger partial charge in [-0.25, -0.2) is 0 Å². The Hall–Kier alpha value is -2.80. The van der Waals surface area contributed by atoms with Crippen LogP contribution in [0, 0.1) is 10.1 Å². The largest absolute Gasteiger partial charge is 0.493 e. The molecule has 3 rings (SSSR count). The lowest BCUT2D eigenvalue weighted by Crippen LogP contribution is -2.49. The Labute approximate surface area is 162 Å². The molecule has 0 atom stereocenters. The van der Waals surface area contributed by atoms with Crippen LogP contribution in [0.25, 0.3) is 0 Å². The number of hydrogen-bond acceptors (Lipinski definition) is 5. The fourth-order valence-corrected chi connectivity index (χ4v) is 3.32. The molecule has 0 saturated carbocycles. The van der Waals surface area contributed by atoms with Gasteiger partial charge in [0.25, 0.3) is 11.6 Å². The van der Waals surface area contributed by atoms with Crippen molar-refractivity contribution in [2.75, 3.05) is 37.7 Å². The summed E-state index contributed by atoms with van der Waals surface area (Å²) in [5, 5.41) is 11.6. The molecule has 1 aliphatic rings. The Kier molecular flexibility index (Phi) is 5.81. The third-order valence-corrected chi connectivity index (χ3v) is 4.69. The fourth-order valence-electron chi connectivity index (χ4n) is 3.16. The van der Waals surface area contributed by atoms with Crippen LogP contribution >= 0.6 is 11.6 Å². The van der Waals surface area contributed by atoms with Gasteiger partial charge in [0.15, 0.2) is 0 Å². The maximum Gasteiger partial charge on any atom is 0.294 e. The van der Waals surface area contributed by atoms with Crippen molar-refractivity contribution in [2.45, 2.75) is 6.92 Å². The zero-order valence-electron chi connectivity index (χ0n) is 14.9. The van der Waals surface area contributed by atoms with Crippen LogP contribution in [0.4, 0.5) is 11.4 Å². The number of nitro benzene ring substituents is 1. The minimum absolute atomic E-state index is 0.0241. The SMILES string of the molecule is CCOc1ccccc1C(=O)N1CCN(c2ccc(Cl)cc2[N+](=O)[O-])CC1. The summed E-state index contributed by atoms with van der Waals surface area (Å²) in [6, 6.07) is 11.8. The van der Waals surface area contributed by atoms with Gasteiger partial charge in [-0.05, 0) is 31.2 Å². The molecule has 142 valence electrons. The number of carbonyl (C=O) groups is 1. The highest BCUT2D eigenvalue weighted by atomic mass is 35.5. The maximum atomic E-state index is 12.9. The summed E-state index contributed by atoms with van der Waals surface area (Å²) in [6.45, 7) is 4.31. The Bertz CT molecular complexity index is 851. The predicted octanol–water partition coefficient (Wildman–Crippen LogP) is 3.61. The first-order valence-electron chi connectivity index (χ1n) is 8.71. The second-order valence-electron chi connectivity index (χ2n) is 6.10. The highest BCUT2D eigenvalue weighted by Crippen LogP contribution is 2.32. The predicted molar refractivity (Wildman–Crippen MR) is 104 cm³/mol. The van der Waals surface area contributed by atoms with Gasteiger partial charge in [0.05, 0.1) is 17.1 Å². The minimum atomic E-state index is -0.433. The number of nitrogens with zero attached hydrogens (tertiary/aromatic N) is 3. The summed E-state index contributed by atoms with van der Waals surface area (Å²) in [5.74, 6) is 0.477. The molecule has 1 aliphatic heterocycles. The van der Waals surface area contributed by atoms with E-state index >= 15 is 0 Å². The Balaban J connectivity index is 1.73. The van der Waals surface area contributed by atoms with E-state index in [-0.39, 0.29) is 11.6 Å². The number of para-hydroxylation sites is 1. The fraction of sp³-hybridized carbons (Fsp3) is 0.316. The molecule has 2 aromatic carbocycles. The van der Waals surface area contributed by atoms with Crippen LogP contribution in [-0.2, 0) is 0 Å². The number of nitro groups is 1. The molecular weight excluding hydrogens is 370 g/mol. The zero-order chi connectivity index (χ0) is 19.4. The van der Waals surface area contributed by atoms with Gasteiger partial charge >= 0.3 is 0 Å². The lowest BCUT2D eigenvalue weighted by Gasteiger charge is -2.36. The topological polar surface area (TPSA) is 75.9 Å². The van der Waals surface area contributed by atoms with E-state index in [4.69, 9.17) is 16.3 Å². The van der Waals surface area contributed by atoms with Gasteiger partial charge in [-0.2, -0.15) is 0 Å². The van der Waals surface area contributed by atoms with Crippen LogP contribution in [0.3, 0.4) is 0 Å². The van der Waals surface area contributed by atoms with E-state index in [0.29, 0.717) is 54.8 Å². The van der Waals surface area contributed by atoms with Crippen LogP contribution in [-0.4, -0.2) is 48.5 Å². The van der Waals surface area contributed by atoms with Gasteiger partial charge in [-0.15, -0.1) is 0 Å². The molecule has 0 unspecified atom stereocenters. The summed E-state index contributed by atoms with van der Waals surface area (Å²) < 4.78 is 5.55. The van der Waals surface area contributed by atoms with Crippen LogP contribution in [0.1, 0.15) is 17.3 Å². The minimum Gasteiger partial charge on any atom is -0.493 e. The first-order chi connectivity index (χ1) is 13.0. The van der Waals surface area contributed by atoms with Gasteiger partial charge in [0.1, 0.15) is 11.4 Å². The van der Waals surface area contributed by atoms with Crippen LogP contribution in [0.2, 0.25) is 5.02 Å². The van der Waals surface area contributed by atoms with Gasteiger partial charge < -0.3 is 14.5 Å². The monoisotopic (exact) mass is 389 g/mol. The highest BCUT2D eigenvalue weighted by molar-refractivity contribution is 6.30. The van der Waals surface area contributed by atoms with E-state index in [1.807, 2.05) is 24.0 Å². The smallest absolute Gasteiger partial charge is 0.294 e. The van der Waals surface area contributed by atoms with Gasteiger partial charge in [0, 0.05) is 37.3 Å². The molecule has 8 heteroatoms. The summed E-state index contributed by atoms with van der Waals surface area (Å²) in [7, 11) is 0. The first kappa shape index (κ1) is 19.0. The summed E-state index contributed by atoms with van der Waals surface area (Å²) in [4.78, 5) is 27.4. The standard InChI is InChI=1S/C19H20ClN3O4/c1-2-27-18-6-4-3-5-15(18)19(24)22-11-9-21(10-12-22)16-8-7-14(20)13-17(16)23(25)26/h3-8,13H,2,9-12H2,1H3. The molecule has 0 aromatic heterocycles. The van der Waals surface area contributed by atoms with E-state index in [0.717, 1.165) is 0 Å². The average Bonchev–Trinajstić information content (AvgIpc) is 2.68. The quantitative estimate of drug-likeness (QED) is 0.576. The average molecular weight is 390 g/mol. The Morgan fingerprint density at radius 3 is 2.56 bits per heavy atom. The normalized spacial score (nSPS) is 14.1. The number of halogens is 1. The molecule has 2 aromatic rings. The van der Waals surface area contributed by atoms with E-state index in [1.165, 1.54) is 6.07 Å². The van der Waals surface area contributed by atoms with Crippen molar-refractivity contribution in [1.82, 2.24) is 4.90 Å². The summed E-state index contributed by atoms with van der Waals surface area (Å²) in [6.07, 6.45) is 0. The van der Waals surface area contributed by atoms with E-state index < -0.39 is 4.92 Å². The van der Waals surface area contributed by atoms with Gasteiger partial charge in [0.2, 0.25) is 0 Å². The zero-order valence-corrected chi connectivity index (χ0v) is 15.7. The van der Waals surface area contributed by atoms with Crippen LogP contribution in [0.5, 0.6) is 5.75 Å². The van der Waals surface area contributed by atoms with Crippen LogP contribution in [0.15, 0.2) is 42.5 Å². The van der Waals surface area contributed by atoms with Crippen molar-refractivity contribution < 1.29 is 14.5 Å². The number of rotatable bonds is 5. The van der Waals surface area contributed by atoms with Crippen LogP contribution < -0.4 is 9.64 Å². The molecular formula is C19H20ClN3O4. The molecule has 0 bridgehead atoms. The maximum absolute atomic E-state index is 12.9. The summed E-state index contributed by atoms with van der Waals surface area (Å²) >= 11 is 5.89. The lowest BCUT2D eigenvalue weighted by molar-refractivity contribution is -0.384. The lowest BCUT2D eigenvalue weighted by atomic mass is 10.1.